The van der Waals surface area contributed by atoms with E-state index in [2.05, 4.69) is 5.32 Å². The fraction of sp³-hybridized carbons (Fsp3) is 0.458. The van der Waals surface area contributed by atoms with Crippen LogP contribution in [0.15, 0.2) is 42.5 Å². The first-order valence-electron chi connectivity index (χ1n) is 10.6. The molecule has 2 atom stereocenters. The van der Waals surface area contributed by atoms with E-state index in [1.807, 2.05) is 49.1 Å². The minimum Gasteiger partial charge on any atom is -0.490 e. The zero-order valence-corrected chi connectivity index (χ0v) is 17.2. The zero-order valence-electron chi connectivity index (χ0n) is 17.2. The Bertz CT molecular complexity index is 877. The van der Waals surface area contributed by atoms with Crippen molar-refractivity contribution in [2.45, 2.75) is 45.3 Å². The van der Waals surface area contributed by atoms with Crippen molar-refractivity contribution in [3.8, 4) is 5.75 Å². The van der Waals surface area contributed by atoms with Gasteiger partial charge in [-0.05, 0) is 69.0 Å². The van der Waals surface area contributed by atoms with Gasteiger partial charge in [-0.2, -0.15) is 0 Å². The lowest BCUT2D eigenvalue weighted by Crippen LogP contribution is -2.41. The average molecular weight is 397 g/mol. The summed E-state index contributed by atoms with van der Waals surface area (Å²) in [5.74, 6) is 1.35. The summed E-state index contributed by atoms with van der Waals surface area (Å²) in [4.78, 5) is 14.9. The van der Waals surface area contributed by atoms with Crippen LogP contribution in [0.25, 0.3) is 0 Å². The number of carbonyl (C=O) groups is 1. The van der Waals surface area contributed by atoms with Gasteiger partial charge < -0.3 is 15.0 Å². The highest BCUT2D eigenvalue weighted by atomic mass is 19.1. The van der Waals surface area contributed by atoms with Crippen LogP contribution < -0.4 is 10.1 Å². The lowest BCUT2D eigenvalue weighted by molar-refractivity contribution is 0.0689. The van der Waals surface area contributed by atoms with Gasteiger partial charge in [-0.1, -0.05) is 18.2 Å². The van der Waals surface area contributed by atoms with Crippen LogP contribution in [0.2, 0.25) is 0 Å². The van der Waals surface area contributed by atoms with Crippen molar-refractivity contribution in [1.29, 1.82) is 0 Å². The van der Waals surface area contributed by atoms with E-state index in [0.29, 0.717) is 11.5 Å². The fourth-order valence-electron chi connectivity index (χ4n) is 4.36. The van der Waals surface area contributed by atoms with Crippen molar-refractivity contribution in [2.24, 2.45) is 5.92 Å². The van der Waals surface area contributed by atoms with Crippen LogP contribution in [-0.2, 0) is 6.42 Å². The minimum absolute atomic E-state index is 0.0214. The zero-order chi connectivity index (χ0) is 20.4. The van der Waals surface area contributed by atoms with Crippen LogP contribution in [0.4, 0.5) is 4.39 Å². The Morgan fingerprint density at radius 3 is 2.76 bits per heavy atom. The minimum atomic E-state index is -0.165. The second-order valence-electron chi connectivity index (χ2n) is 8.34. The number of carbonyl (C=O) groups excluding carboxylic acids is 1. The fourth-order valence-corrected chi connectivity index (χ4v) is 4.36. The van der Waals surface area contributed by atoms with Gasteiger partial charge in [0, 0.05) is 36.7 Å². The standard InChI is InChI=1S/C24H29FN2O2/c1-16-13-20-14-19(7-8-23(20)29-16)24(28)27-11-9-18(10-12-27)15-26-17(2)21-5-3-4-6-22(21)25/h3-8,14,16-18,26H,9-13,15H2,1-2H3. The maximum absolute atomic E-state index is 13.9. The van der Waals surface area contributed by atoms with Crippen molar-refractivity contribution in [1.82, 2.24) is 10.2 Å². The SMILES string of the molecule is CC1Cc2cc(C(=O)N3CCC(CNC(C)c4ccccc4F)CC3)ccc2O1. The molecule has 0 aromatic heterocycles. The molecule has 2 aromatic rings. The predicted molar refractivity (Wildman–Crippen MR) is 112 cm³/mol. The first kappa shape index (κ1) is 19.9. The lowest BCUT2D eigenvalue weighted by Gasteiger charge is -2.33. The molecule has 1 saturated heterocycles. The third-order valence-electron chi connectivity index (χ3n) is 6.13. The number of amides is 1. The molecule has 0 bridgehead atoms. The number of halogens is 1. The van der Waals surface area contributed by atoms with Gasteiger partial charge in [-0.3, -0.25) is 4.79 Å². The van der Waals surface area contributed by atoms with Crippen molar-refractivity contribution in [2.75, 3.05) is 19.6 Å². The summed E-state index contributed by atoms with van der Waals surface area (Å²) in [5.41, 5.74) is 2.59. The second kappa shape index (κ2) is 8.54. The summed E-state index contributed by atoms with van der Waals surface area (Å²) in [6, 6.07) is 12.7. The van der Waals surface area contributed by atoms with Gasteiger partial charge >= 0.3 is 0 Å². The van der Waals surface area contributed by atoms with Crippen molar-refractivity contribution in [3.63, 3.8) is 0 Å². The topological polar surface area (TPSA) is 41.6 Å². The van der Waals surface area contributed by atoms with Gasteiger partial charge in [0.25, 0.3) is 5.91 Å². The number of fused-ring (bicyclic) bond motifs is 1. The number of rotatable bonds is 5. The molecule has 4 nitrogen and oxygen atoms in total. The predicted octanol–water partition coefficient (Wildman–Crippen LogP) is 4.35. The van der Waals surface area contributed by atoms with E-state index in [-0.39, 0.29) is 23.9 Å². The molecule has 1 fully saturated rings. The summed E-state index contributed by atoms with van der Waals surface area (Å²) in [7, 11) is 0. The highest BCUT2D eigenvalue weighted by Gasteiger charge is 2.26. The summed E-state index contributed by atoms with van der Waals surface area (Å²) < 4.78 is 19.7. The van der Waals surface area contributed by atoms with E-state index >= 15 is 0 Å². The number of likely N-dealkylation sites (tertiary alicyclic amines) is 1. The molecule has 2 aliphatic heterocycles. The Balaban J connectivity index is 1.28. The Labute approximate surface area is 172 Å². The molecule has 0 saturated carbocycles. The molecule has 0 spiro atoms. The molecule has 2 unspecified atom stereocenters. The molecule has 2 aromatic carbocycles. The molecule has 5 heteroatoms. The van der Waals surface area contributed by atoms with E-state index in [0.717, 1.165) is 55.8 Å². The molecule has 0 radical (unpaired) electrons. The third-order valence-corrected chi connectivity index (χ3v) is 6.13. The molecular weight excluding hydrogens is 367 g/mol. The normalized spacial score (nSPS) is 20.2. The molecule has 2 heterocycles. The molecule has 29 heavy (non-hydrogen) atoms. The number of hydrogen-bond donors (Lipinski definition) is 1. The van der Waals surface area contributed by atoms with Crippen LogP contribution in [0.5, 0.6) is 5.75 Å². The molecular formula is C24H29FN2O2. The number of nitrogens with one attached hydrogen (secondary N) is 1. The van der Waals surface area contributed by atoms with Crippen molar-refractivity contribution < 1.29 is 13.9 Å². The Hall–Kier alpha value is -2.40. The van der Waals surface area contributed by atoms with Crippen LogP contribution in [0.1, 0.15) is 54.2 Å². The molecule has 154 valence electrons. The highest BCUT2D eigenvalue weighted by Crippen LogP contribution is 2.30. The van der Waals surface area contributed by atoms with E-state index in [4.69, 9.17) is 4.74 Å². The first-order valence-corrected chi connectivity index (χ1v) is 10.6. The lowest BCUT2D eigenvalue weighted by atomic mass is 9.95. The van der Waals surface area contributed by atoms with Gasteiger partial charge in [0.1, 0.15) is 17.7 Å². The molecule has 2 aliphatic rings. The van der Waals surface area contributed by atoms with Crippen molar-refractivity contribution in [3.05, 3.63) is 65.0 Å². The monoisotopic (exact) mass is 396 g/mol. The van der Waals surface area contributed by atoms with Crippen LogP contribution in [0, 0.1) is 11.7 Å². The highest BCUT2D eigenvalue weighted by molar-refractivity contribution is 5.94. The van der Waals surface area contributed by atoms with E-state index in [1.54, 1.807) is 6.07 Å². The van der Waals surface area contributed by atoms with Crippen LogP contribution in [-0.4, -0.2) is 36.5 Å². The molecule has 4 rings (SSSR count). The summed E-state index contributed by atoms with van der Waals surface area (Å²) in [6.07, 6.45) is 2.98. The molecule has 1 amide bonds. The number of benzene rings is 2. The third kappa shape index (κ3) is 4.45. The smallest absolute Gasteiger partial charge is 0.253 e. The van der Waals surface area contributed by atoms with Crippen LogP contribution in [0.3, 0.4) is 0 Å². The first-order chi connectivity index (χ1) is 14.0. The second-order valence-corrected chi connectivity index (χ2v) is 8.34. The van der Waals surface area contributed by atoms with Crippen molar-refractivity contribution >= 4 is 5.91 Å². The largest absolute Gasteiger partial charge is 0.490 e. The van der Waals surface area contributed by atoms with E-state index in [1.165, 1.54) is 6.07 Å². The maximum atomic E-state index is 13.9. The number of ether oxygens (including phenoxy) is 1. The Morgan fingerprint density at radius 1 is 1.24 bits per heavy atom. The van der Waals surface area contributed by atoms with Gasteiger partial charge in [0.05, 0.1) is 0 Å². The van der Waals surface area contributed by atoms with E-state index < -0.39 is 0 Å². The van der Waals surface area contributed by atoms with Gasteiger partial charge in [0.2, 0.25) is 0 Å². The van der Waals surface area contributed by atoms with Gasteiger partial charge in [-0.25, -0.2) is 4.39 Å². The number of nitrogens with zero attached hydrogens (tertiary/aromatic N) is 1. The number of piperidine rings is 1. The van der Waals surface area contributed by atoms with Gasteiger partial charge in [0.15, 0.2) is 0 Å². The summed E-state index contributed by atoms with van der Waals surface area (Å²) in [5, 5.41) is 3.46. The quantitative estimate of drug-likeness (QED) is 0.817. The molecule has 0 aliphatic carbocycles. The van der Waals surface area contributed by atoms with Crippen LogP contribution >= 0.6 is 0 Å². The average Bonchev–Trinajstić information content (AvgIpc) is 3.11. The molecule has 1 N–H and O–H groups in total. The Kier molecular flexibility index (Phi) is 5.86. The van der Waals surface area contributed by atoms with E-state index in [9.17, 15) is 9.18 Å². The number of hydrogen-bond acceptors (Lipinski definition) is 3. The Morgan fingerprint density at radius 2 is 2.00 bits per heavy atom. The summed E-state index contributed by atoms with van der Waals surface area (Å²) in [6.45, 7) is 6.42. The summed E-state index contributed by atoms with van der Waals surface area (Å²) >= 11 is 0. The van der Waals surface area contributed by atoms with Gasteiger partial charge in [-0.15, -0.1) is 0 Å². The maximum Gasteiger partial charge on any atom is 0.253 e.